The predicted molar refractivity (Wildman–Crippen MR) is 127 cm³/mol. The lowest BCUT2D eigenvalue weighted by molar-refractivity contribution is -0.277. The maximum absolute atomic E-state index is 12.5. The van der Waals surface area contributed by atoms with Gasteiger partial charge in [0.25, 0.3) is 0 Å². The molecule has 2 aliphatic rings. The summed E-state index contributed by atoms with van der Waals surface area (Å²) in [5.41, 5.74) is 1.69. The standard InChI is InChI=1S/C26H32O11/c1-33-19-9-13(3-5-17(19)28)7-15-12-35-25(32)16(15)8-14-4-6-18(20(10-14)34-2)36-26-24(31)23(30)22(29)21(11-27)37-26/h3-6,9-10,15-16,21-24,26-31H,7-8,11-12H2,1-2H3/t15-,16+,21-,22-,23+,24-,26-/m0/s1. The van der Waals surface area contributed by atoms with Gasteiger partial charge in [0, 0.05) is 5.92 Å². The average molecular weight is 521 g/mol. The Hall–Kier alpha value is -3.09. The molecule has 11 heteroatoms. The predicted octanol–water partition coefficient (Wildman–Crippen LogP) is 0.163. The van der Waals surface area contributed by atoms with Crippen molar-refractivity contribution in [1.29, 1.82) is 0 Å². The molecule has 0 aromatic heterocycles. The molecule has 2 saturated heterocycles. The summed E-state index contributed by atoms with van der Waals surface area (Å²) in [5.74, 6) is 0.132. The van der Waals surface area contributed by atoms with Gasteiger partial charge in [-0.05, 0) is 48.2 Å². The lowest BCUT2D eigenvalue weighted by atomic mass is 9.85. The number of aliphatic hydroxyl groups is 4. The van der Waals surface area contributed by atoms with Gasteiger partial charge in [-0.2, -0.15) is 0 Å². The number of rotatable bonds is 9. The second kappa shape index (κ2) is 11.5. The number of hydrogen-bond donors (Lipinski definition) is 5. The fourth-order valence-electron chi connectivity index (χ4n) is 4.69. The molecule has 7 atom stereocenters. The van der Waals surface area contributed by atoms with Gasteiger partial charge in [-0.25, -0.2) is 0 Å². The highest BCUT2D eigenvalue weighted by Gasteiger charge is 2.45. The largest absolute Gasteiger partial charge is 0.504 e. The summed E-state index contributed by atoms with van der Waals surface area (Å²) in [6.07, 6.45) is -6.14. The van der Waals surface area contributed by atoms with Gasteiger partial charge in [-0.3, -0.25) is 4.79 Å². The van der Waals surface area contributed by atoms with Crippen LogP contribution < -0.4 is 14.2 Å². The Morgan fingerprint density at radius 1 is 0.892 bits per heavy atom. The number of benzene rings is 2. The van der Waals surface area contributed by atoms with E-state index in [1.807, 2.05) is 0 Å². The minimum absolute atomic E-state index is 0.0414. The monoisotopic (exact) mass is 520 g/mol. The Kier molecular flexibility index (Phi) is 8.40. The number of hydrogen-bond acceptors (Lipinski definition) is 11. The van der Waals surface area contributed by atoms with Crippen molar-refractivity contribution in [2.75, 3.05) is 27.4 Å². The van der Waals surface area contributed by atoms with Crippen molar-refractivity contribution in [1.82, 2.24) is 0 Å². The zero-order chi connectivity index (χ0) is 26.7. The van der Waals surface area contributed by atoms with Gasteiger partial charge in [0.05, 0.1) is 33.4 Å². The van der Waals surface area contributed by atoms with Gasteiger partial charge in [-0.1, -0.05) is 12.1 Å². The minimum Gasteiger partial charge on any atom is -0.504 e. The number of phenols is 1. The Morgan fingerprint density at radius 2 is 1.57 bits per heavy atom. The summed E-state index contributed by atoms with van der Waals surface area (Å²) in [4.78, 5) is 12.5. The molecule has 2 heterocycles. The lowest BCUT2D eigenvalue weighted by Crippen LogP contribution is -2.60. The van der Waals surface area contributed by atoms with Gasteiger partial charge in [0.2, 0.25) is 6.29 Å². The summed E-state index contributed by atoms with van der Waals surface area (Å²) in [5, 5.41) is 49.5. The summed E-state index contributed by atoms with van der Waals surface area (Å²) >= 11 is 0. The maximum atomic E-state index is 12.5. The van der Waals surface area contributed by atoms with Crippen LogP contribution in [0.4, 0.5) is 0 Å². The molecular formula is C26H32O11. The van der Waals surface area contributed by atoms with Crippen LogP contribution in [0.3, 0.4) is 0 Å². The first kappa shape index (κ1) is 27.0. The normalized spacial score (nSPS) is 29.6. The highest BCUT2D eigenvalue weighted by molar-refractivity contribution is 5.75. The quantitative estimate of drug-likeness (QED) is 0.286. The highest BCUT2D eigenvalue weighted by atomic mass is 16.7. The molecule has 2 aromatic rings. The van der Waals surface area contributed by atoms with E-state index in [-0.39, 0.29) is 30.0 Å². The average Bonchev–Trinajstić information content (AvgIpc) is 3.24. The van der Waals surface area contributed by atoms with E-state index in [2.05, 4.69) is 0 Å². The molecule has 4 rings (SSSR count). The van der Waals surface area contributed by atoms with Crippen molar-refractivity contribution < 1.29 is 54.0 Å². The molecule has 2 fully saturated rings. The van der Waals surface area contributed by atoms with E-state index in [4.69, 9.17) is 23.7 Å². The van der Waals surface area contributed by atoms with Crippen LogP contribution >= 0.6 is 0 Å². The van der Waals surface area contributed by atoms with Crippen LogP contribution in [-0.4, -0.2) is 89.6 Å². The van der Waals surface area contributed by atoms with Crippen LogP contribution in [0.2, 0.25) is 0 Å². The number of phenolic OH excluding ortho intramolecular Hbond substituents is 1. The van der Waals surface area contributed by atoms with Gasteiger partial charge in [-0.15, -0.1) is 0 Å². The van der Waals surface area contributed by atoms with Gasteiger partial charge >= 0.3 is 5.97 Å². The third-order valence-corrected chi connectivity index (χ3v) is 6.83. The van der Waals surface area contributed by atoms with E-state index < -0.39 is 43.2 Å². The van der Waals surface area contributed by atoms with E-state index in [1.165, 1.54) is 14.2 Å². The number of aromatic hydroxyl groups is 1. The number of aliphatic hydroxyl groups excluding tert-OH is 4. The van der Waals surface area contributed by atoms with E-state index in [9.17, 15) is 30.3 Å². The molecule has 2 aromatic carbocycles. The fraction of sp³-hybridized carbons (Fsp3) is 0.500. The summed E-state index contributed by atoms with van der Waals surface area (Å²) in [7, 11) is 2.91. The van der Waals surface area contributed by atoms with E-state index in [0.29, 0.717) is 24.3 Å². The zero-order valence-corrected chi connectivity index (χ0v) is 20.5. The Balaban J connectivity index is 1.47. The van der Waals surface area contributed by atoms with Crippen LogP contribution in [0.25, 0.3) is 0 Å². The van der Waals surface area contributed by atoms with Crippen LogP contribution in [-0.2, 0) is 27.1 Å². The molecule has 2 aliphatic heterocycles. The molecule has 0 amide bonds. The van der Waals surface area contributed by atoms with Crippen LogP contribution in [0.15, 0.2) is 36.4 Å². The Morgan fingerprint density at radius 3 is 2.27 bits per heavy atom. The lowest BCUT2D eigenvalue weighted by Gasteiger charge is -2.39. The third-order valence-electron chi connectivity index (χ3n) is 6.83. The summed E-state index contributed by atoms with van der Waals surface area (Å²) in [6.45, 7) is -0.293. The van der Waals surface area contributed by atoms with Gasteiger partial charge < -0.3 is 49.2 Å². The van der Waals surface area contributed by atoms with E-state index in [1.54, 1.807) is 36.4 Å². The third kappa shape index (κ3) is 5.76. The Labute approximate surface area is 213 Å². The molecule has 0 saturated carbocycles. The number of cyclic esters (lactones) is 1. The first-order chi connectivity index (χ1) is 17.7. The topological polar surface area (TPSA) is 164 Å². The number of carbonyl (C=O) groups is 1. The van der Waals surface area contributed by atoms with Crippen molar-refractivity contribution in [3.63, 3.8) is 0 Å². The molecular weight excluding hydrogens is 488 g/mol. The highest BCUT2D eigenvalue weighted by Crippen LogP contribution is 2.36. The molecule has 0 spiro atoms. The van der Waals surface area contributed by atoms with Gasteiger partial charge in [0.15, 0.2) is 23.0 Å². The van der Waals surface area contributed by atoms with Gasteiger partial charge in [0.1, 0.15) is 24.4 Å². The SMILES string of the molecule is COc1cc(C[C@H]2COC(=O)[C@@H]2Cc2ccc(O[C@H]3O[C@@H](CO)[C@H](O)[C@@H](O)[C@@H]3O)c(OC)c2)ccc1O. The summed E-state index contributed by atoms with van der Waals surface area (Å²) in [6, 6.07) is 10.1. The van der Waals surface area contributed by atoms with Crippen molar-refractivity contribution >= 4 is 5.97 Å². The second-order valence-electron chi connectivity index (χ2n) is 9.21. The van der Waals surface area contributed by atoms with Crippen molar-refractivity contribution in [3.05, 3.63) is 47.5 Å². The van der Waals surface area contributed by atoms with Crippen molar-refractivity contribution in [3.8, 4) is 23.0 Å². The molecule has 202 valence electrons. The minimum atomic E-state index is -1.57. The fourth-order valence-corrected chi connectivity index (χ4v) is 4.69. The van der Waals surface area contributed by atoms with Crippen LogP contribution in [0.5, 0.6) is 23.0 Å². The van der Waals surface area contributed by atoms with Crippen molar-refractivity contribution in [2.24, 2.45) is 11.8 Å². The first-order valence-electron chi connectivity index (χ1n) is 11.9. The number of carbonyl (C=O) groups excluding carboxylic acids is 1. The number of esters is 1. The molecule has 11 nitrogen and oxygen atoms in total. The molecule has 0 aliphatic carbocycles. The molecule has 0 bridgehead atoms. The molecule has 37 heavy (non-hydrogen) atoms. The van der Waals surface area contributed by atoms with E-state index >= 15 is 0 Å². The zero-order valence-electron chi connectivity index (χ0n) is 20.5. The smallest absolute Gasteiger partial charge is 0.309 e. The van der Waals surface area contributed by atoms with E-state index in [0.717, 1.165) is 11.1 Å². The van der Waals surface area contributed by atoms with Crippen LogP contribution in [0.1, 0.15) is 11.1 Å². The molecule has 0 radical (unpaired) electrons. The summed E-state index contributed by atoms with van der Waals surface area (Å²) < 4.78 is 27.1. The first-order valence-corrected chi connectivity index (χ1v) is 11.9. The molecule has 5 N–H and O–H groups in total. The Bertz CT molecular complexity index is 1090. The van der Waals surface area contributed by atoms with Crippen LogP contribution in [0, 0.1) is 11.8 Å². The number of methoxy groups -OCH3 is 2. The van der Waals surface area contributed by atoms with Crippen molar-refractivity contribution in [2.45, 2.75) is 43.5 Å². The maximum Gasteiger partial charge on any atom is 0.309 e. The molecule has 0 unspecified atom stereocenters. The second-order valence-corrected chi connectivity index (χ2v) is 9.21. The number of ether oxygens (including phenoxy) is 5.